The van der Waals surface area contributed by atoms with Crippen LogP contribution in [-0.4, -0.2) is 32.8 Å². The van der Waals surface area contributed by atoms with Gasteiger partial charge in [-0.3, -0.25) is 4.79 Å². The van der Waals surface area contributed by atoms with Crippen LogP contribution in [0.1, 0.15) is 17.3 Å². The fourth-order valence-corrected chi connectivity index (χ4v) is 1.79. The summed E-state index contributed by atoms with van der Waals surface area (Å²) in [6, 6.07) is 3.53. The van der Waals surface area contributed by atoms with E-state index in [1.807, 2.05) is 0 Å². The summed E-state index contributed by atoms with van der Waals surface area (Å²) in [5.74, 6) is -0.531. The van der Waals surface area contributed by atoms with Crippen LogP contribution in [-0.2, 0) is 9.84 Å². The lowest BCUT2D eigenvalue weighted by Gasteiger charge is -2.06. The Hall–Kier alpha value is -1.43. The molecule has 0 radical (unpaired) electrons. The second kappa shape index (κ2) is 5.77. The number of aldehydes is 1. The predicted octanol–water partition coefficient (Wildman–Crippen LogP) is 1.45. The zero-order chi connectivity index (χ0) is 12.9. The summed E-state index contributed by atoms with van der Waals surface area (Å²) in [6.07, 6.45) is 0.499. The van der Waals surface area contributed by atoms with Gasteiger partial charge in [-0.15, -0.1) is 0 Å². The van der Waals surface area contributed by atoms with E-state index in [0.29, 0.717) is 6.29 Å². The third-order valence-electron chi connectivity index (χ3n) is 2.13. The van der Waals surface area contributed by atoms with Crippen LogP contribution in [0.15, 0.2) is 18.2 Å². The molecule has 0 amide bonds. The average molecular weight is 260 g/mol. The number of hydrogen-bond donors (Lipinski definition) is 0. The number of sulfone groups is 1. The van der Waals surface area contributed by atoms with Crippen LogP contribution < -0.4 is 4.74 Å². The summed E-state index contributed by atoms with van der Waals surface area (Å²) in [5.41, 5.74) is 0.151. The number of benzene rings is 1. The van der Waals surface area contributed by atoms with Gasteiger partial charge in [-0.1, -0.05) is 6.92 Å². The van der Waals surface area contributed by atoms with Crippen molar-refractivity contribution < 1.29 is 22.3 Å². The summed E-state index contributed by atoms with van der Waals surface area (Å²) < 4.78 is 40.4. The van der Waals surface area contributed by atoms with E-state index in [-0.39, 0.29) is 29.4 Å². The van der Waals surface area contributed by atoms with E-state index in [0.717, 1.165) is 12.1 Å². The van der Waals surface area contributed by atoms with E-state index < -0.39 is 15.7 Å². The van der Waals surface area contributed by atoms with Crippen LogP contribution in [0, 0.1) is 5.82 Å². The number of carbonyl (C=O) groups excluding carboxylic acids is 1. The first-order valence-electron chi connectivity index (χ1n) is 5.06. The van der Waals surface area contributed by atoms with Crippen molar-refractivity contribution in [1.82, 2.24) is 0 Å². The van der Waals surface area contributed by atoms with E-state index >= 15 is 0 Å². The third-order valence-corrected chi connectivity index (χ3v) is 3.80. The number of ether oxygens (including phenoxy) is 1. The van der Waals surface area contributed by atoms with Gasteiger partial charge in [0.2, 0.25) is 0 Å². The number of halogens is 1. The van der Waals surface area contributed by atoms with Crippen molar-refractivity contribution in [2.24, 2.45) is 0 Å². The first-order valence-corrected chi connectivity index (χ1v) is 6.88. The number of rotatable bonds is 6. The summed E-state index contributed by atoms with van der Waals surface area (Å²) in [7, 11) is -3.10. The minimum absolute atomic E-state index is 0.0408. The molecule has 0 saturated carbocycles. The highest BCUT2D eigenvalue weighted by molar-refractivity contribution is 7.91. The quantitative estimate of drug-likeness (QED) is 0.726. The van der Waals surface area contributed by atoms with Crippen molar-refractivity contribution in [3.8, 4) is 5.75 Å². The molecule has 4 nitrogen and oxygen atoms in total. The van der Waals surface area contributed by atoms with Gasteiger partial charge in [-0.2, -0.15) is 0 Å². The Morgan fingerprint density at radius 3 is 2.65 bits per heavy atom. The van der Waals surface area contributed by atoms with E-state index in [4.69, 9.17) is 4.74 Å². The van der Waals surface area contributed by atoms with Crippen molar-refractivity contribution in [1.29, 1.82) is 0 Å². The fourth-order valence-electron chi connectivity index (χ4n) is 1.17. The lowest BCUT2D eigenvalue weighted by molar-refractivity contribution is 0.112. The Labute approximate surface area is 99.3 Å². The molecule has 0 fully saturated rings. The van der Waals surface area contributed by atoms with Gasteiger partial charge in [0.1, 0.15) is 24.5 Å². The molecule has 1 aromatic rings. The molecule has 1 aromatic carbocycles. The van der Waals surface area contributed by atoms with Gasteiger partial charge in [-0.05, 0) is 12.1 Å². The van der Waals surface area contributed by atoms with Crippen LogP contribution in [0.3, 0.4) is 0 Å². The Morgan fingerprint density at radius 1 is 1.35 bits per heavy atom. The Morgan fingerprint density at radius 2 is 2.06 bits per heavy atom. The molecule has 0 saturated heterocycles. The zero-order valence-electron chi connectivity index (χ0n) is 9.35. The highest BCUT2D eigenvalue weighted by Crippen LogP contribution is 2.15. The number of carbonyl (C=O) groups is 1. The summed E-state index contributed by atoms with van der Waals surface area (Å²) >= 11 is 0. The molecule has 0 heterocycles. The van der Waals surface area contributed by atoms with Crippen molar-refractivity contribution in [3.63, 3.8) is 0 Å². The molecule has 0 bridgehead atoms. The van der Waals surface area contributed by atoms with Crippen molar-refractivity contribution >= 4 is 16.1 Å². The topological polar surface area (TPSA) is 60.4 Å². The van der Waals surface area contributed by atoms with Crippen molar-refractivity contribution in [3.05, 3.63) is 29.6 Å². The predicted molar refractivity (Wildman–Crippen MR) is 61.6 cm³/mol. The van der Waals surface area contributed by atoms with E-state index in [1.165, 1.54) is 6.07 Å². The molecular formula is C11H13FO4S. The summed E-state index contributed by atoms with van der Waals surface area (Å²) in [5, 5.41) is 0. The molecule has 0 spiro atoms. The van der Waals surface area contributed by atoms with Gasteiger partial charge in [0, 0.05) is 17.4 Å². The maximum absolute atomic E-state index is 13.0. The monoisotopic (exact) mass is 260 g/mol. The molecule has 0 aliphatic rings. The highest BCUT2D eigenvalue weighted by Gasteiger charge is 2.08. The Kier molecular flexibility index (Phi) is 4.62. The molecule has 0 atom stereocenters. The first-order chi connectivity index (χ1) is 7.96. The average Bonchev–Trinajstić information content (AvgIpc) is 2.28. The van der Waals surface area contributed by atoms with Crippen LogP contribution >= 0.6 is 0 Å². The van der Waals surface area contributed by atoms with Crippen LogP contribution in [0.4, 0.5) is 4.39 Å². The first kappa shape index (κ1) is 13.6. The van der Waals surface area contributed by atoms with Gasteiger partial charge in [-0.25, -0.2) is 12.8 Å². The van der Waals surface area contributed by atoms with Gasteiger partial charge in [0.05, 0.1) is 5.75 Å². The molecule has 1 rings (SSSR count). The molecule has 6 heteroatoms. The minimum atomic E-state index is -3.10. The fraction of sp³-hybridized carbons (Fsp3) is 0.364. The molecular weight excluding hydrogens is 247 g/mol. The number of hydrogen-bond acceptors (Lipinski definition) is 4. The Bertz CT molecular complexity index is 496. The second-order valence-electron chi connectivity index (χ2n) is 3.42. The second-order valence-corrected chi connectivity index (χ2v) is 5.90. The largest absolute Gasteiger partial charge is 0.492 e. The van der Waals surface area contributed by atoms with E-state index in [2.05, 4.69) is 0 Å². The highest BCUT2D eigenvalue weighted by atomic mass is 32.2. The van der Waals surface area contributed by atoms with E-state index in [9.17, 15) is 17.6 Å². The Balaban J connectivity index is 2.64. The lowest BCUT2D eigenvalue weighted by atomic mass is 10.2. The maximum Gasteiger partial charge on any atom is 0.153 e. The van der Waals surface area contributed by atoms with Crippen LogP contribution in [0.5, 0.6) is 5.75 Å². The van der Waals surface area contributed by atoms with Gasteiger partial charge >= 0.3 is 0 Å². The molecule has 0 aromatic heterocycles. The van der Waals surface area contributed by atoms with Crippen LogP contribution in [0.25, 0.3) is 0 Å². The lowest BCUT2D eigenvalue weighted by Crippen LogP contribution is -2.15. The van der Waals surface area contributed by atoms with Gasteiger partial charge < -0.3 is 4.74 Å². The molecule has 0 aliphatic carbocycles. The van der Waals surface area contributed by atoms with Crippen molar-refractivity contribution in [2.75, 3.05) is 18.1 Å². The minimum Gasteiger partial charge on any atom is -0.492 e. The SMILES string of the molecule is CCS(=O)(=O)CCOc1cc(F)cc(C=O)c1. The van der Waals surface area contributed by atoms with Gasteiger partial charge in [0.25, 0.3) is 0 Å². The third kappa shape index (κ3) is 4.52. The summed E-state index contributed by atoms with van der Waals surface area (Å²) in [4.78, 5) is 10.5. The molecule has 94 valence electrons. The molecule has 0 N–H and O–H groups in total. The standard InChI is InChI=1S/C11H13FO4S/c1-2-17(14,15)4-3-16-11-6-9(8-13)5-10(12)7-11/h5-8H,2-4H2,1H3. The maximum atomic E-state index is 13.0. The molecule has 17 heavy (non-hydrogen) atoms. The zero-order valence-corrected chi connectivity index (χ0v) is 10.2. The van der Waals surface area contributed by atoms with Crippen LogP contribution in [0.2, 0.25) is 0 Å². The normalized spacial score (nSPS) is 11.2. The van der Waals surface area contributed by atoms with Gasteiger partial charge in [0.15, 0.2) is 9.84 Å². The molecule has 0 aliphatic heterocycles. The van der Waals surface area contributed by atoms with E-state index in [1.54, 1.807) is 6.92 Å². The van der Waals surface area contributed by atoms with Crippen molar-refractivity contribution in [2.45, 2.75) is 6.92 Å². The smallest absolute Gasteiger partial charge is 0.153 e. The molecule has 0 unspecified atom stereocenters. The summed E-state index contributed by atoms with van der Waals surface area (Å²) in [6.45, 7) is 1.49.